The van der Waals surface area contributed by atoms with Gasteiger partial charge in [0.15, 0.2) is 5.96 Å². The van der Waals surface area contributed by atoms with Crippen molar-refractivity contribution < 1.29 is 0 Å². The van der Waals surface area contributed by atoms with Crippen LogP contribution in [0.25, 0.3) is 10.9 Å². The van der Waals surface area contributed by atoms with E-state index in [-0.39, 0.29) is 0 Å². The van der Waals surface area contributed by atoms with E-state index < -0.39 is 0 Å². The first-order valence-corrected chi connectivity index (χ1v) is 9.64. The average molecular weight is 333 g/mol. The lowest BCUT2D eigenvalue weighted by molar-refractivity contribution is 0.731. The highest BCUT2D eigenvalue weighted by Gasteiger charge is 2.04. The Hall–Kier alpha value is -1.62. The van der Waals surface area contributed by atoms with Gasteiger partial charge in [0, 0.05) is 37.2 Å². The first kappa shape index (κ1) is 17.7. The number of nitrogens with one attached hydrogen (secondary N) is 3. The van der Waals surface area contributed by atoms with Crippen molar-refractivity contribution in [2.75, 3.05) is 32.1 Å². The zero-order chi connectivity index (χ0) is 16.5. The van der Waals surface area contributed by atoms with Crippen LogP contribution < -0.4 is 10.6 Å². The fraction of sp³-hybridized carbons (Fsp3) is 0.500. The van der Waals surface area contributed by atoms with Gasteiger partial charge < -0.3 is 15.6 Å². The summed E-state index contributed by atoms with van der Waals surface area (Å²) in [6, 6.07) is 6.57. The van der Waals surface area contributed by atoms with E-state index in [0.717, 1.165) is 25.5 Å². The Bertz CT molecular complexity index is 633. The third-order valence-electron chi connectivity index (χ3n) is 3.90. The van der Waals surface area contributed by atoms with Gasteiger partial charge in [-0.15, -0.1) is 0 Å². The predicted octanol–water partition coefficient (Wildman–Crippen LogP) is 3.33. The number of unbranched alkanes of at least 4 members (excludes halogenated alkanes) is 1. The van der Waals surface area contributed by atoms with Gasteiger partial charge in [0.25, 0.3) is 0 Å². The van der Waals surface area contributed by atoms with Gasteiger partial charge >= 0.3 is 0 Å². The van der Waals surface area contributed by atoms with Crippen molar-refractivity contribution in [3.8, 4) is 0 Å². The van der Waals surface area contributed by atoms with E-state index in [1.54, 1.807) is 0 Å². The summed E-state index contributed by atoms with van der Waals surface area (Å²) in [7, 11) is 1.83. The van der Waals surface area contributed by atoms with Gasteiger partial charge in [-0.05, 0) is 55.4 Å². The minimum absolute atomic E-state index is 0.880. The molecule has 1 aromatic carbocycles. The van der Waals surface area contributed by atoms with Crippen molar-refractivity contribution in [1.82, 2.24) is 15.6 Å². The highest BCUT2D eigenvalue weighted by atomic mass is 32.2. The van der Waals surface area contributed by atoms with E-state index in [0.29, 0.717) is 0 Å². The first-order chi connectivity index (χ1) is 11.2. The van der Waals surface area contributed by atoms with Gasteiger partial charge in [-0.1, -0.05) is 12.1 Å². The Morgan fingerprint density at radius 1 is 1.22 bits per heavy atom. The molecule has 23 heavy (non-hydrogen) atoms. The molecule has 5 heteroatoms. The summed E-state index contributed by atoms with van der Waals surface area (Å²) in [6.07, 6.45) is 7.68. The van der Waals surface area contributed by atoms with Crippen molar-refractivity contribution in [2.24, 2.45) is 4.99 Å². The van der Waals surface area contributed by atoms with Crippen molar-refractivity contribution in [2.45, 2.75) is 26.2 Å². The maximum absolute atomic E-state index is 4.28. The molecule has 0 saturated heterocycles. The standard InChI is InChI=1S/C18H28N4S/c1-14-6-7-16-15(13-22-17(16)12-14)8-10-21-18(19-2)20-9-4-5-11-23-3/h6-7,12-13,22H,4-5,8-11H2,1-3H3,(H2,19,20,21). The zero-order valence-electron chi connectivity index (χ0n) is 14.4. The fourth-order valence-electron chi connectivity index (χ4n) is 2.62. The number of rotatable bonds is 8. The number of aromatic nitrogens is 1. The normalized spacial score (nSPS) is 11.9. The van der Waals surface area contributed by atoms with Crippen molar-refractivity contribution >= 4 is 28.6 Å². The summed E-state index contributed by atoms with van der Waals surface area (Å²) in [4.78, 5) is 7.64. The smallest absolute Gasteiger partial charge is 0.190 e. The number of thioether (sulfide) groups is 1. The monoisotopic (exact) mass is 332 g/mol. The molecule has 0 radical (unpaired) electrons. The van der Waals surface area contributed by atoms with Crippen LogP contribution in [0.15, 0.2) is 29.4 Å². The molecule has 0 fully saturated rings. The summed E-state index contributed by atoms with van der Waals surface area (Å²) in [5.74, 6) is 2.12. The van der Waals surface area contributed by atoms with Crippen LogP contribution in [0, 0.1) is 6.92 Å². The Morgan fingerprint density at radius 3 is 2.83 bits per heavy atom. The van der Waals surface area contributed by atoms with Gasteiger partial charge in [-0.3, -0.25) is 4.99 Å². The van der Waals surface area contributed by atoms with Crippen LogP contribution in [0.3, 0.4) is 0 Å². The number of aromatic amines is 1. The molecular weight excluding hydrogens is 304 g/mol. The molecule has 0 spiro atoms. The lowest BCUT2D eigenvalue weighted by Crippen LogP contribution is -2.38. The van der Waals surface area contributed by atoms with Crippen LogP contribution in [-0.2, 0) is 6.42 Å². The molecule has 0 aliphatic rings. The fourth-order valence-corrected chi connectivity index (χ4v) is 3.11. The van der Waals surface area contributed by atoms with Gasteiger partial charge in [0.1, 0.15) is 0 Å². The number of aryl methyl sites for hydroxylation is 1. The van der Waals surface area contributed by atoms with E-state index in [9.17, 15) is 0 Å². The van der Waals surface area contributed by atoms with Gasteiger partial charge in [0.05, 0.1) is 0 Å². The van der Waals surface area contributed by atoms with Crippen LogP contribution in [0.5, 0.6) is 0 Å². The van der Waals surface area contributed by atoms with E-state index in [1.807, 2.05) is 18.8 Å². The Labute approximate surface area is 143 Å². The maximum atomic E-state index is 4.28. The van der Waals surface area contributed by atoms with Crippen LogP contribution in [0.2, 0.25) is 0 Å². The van der Waals surface area contributed by atoms with Crippen LogP contribution >= 0.6 is 11.8 Å². The Morgan fingerprint density at radius 2 is 2.04 bits per heavy atom. The summed E-state index contributed by atoms with van der Waals surface area (Å²) in [5, 5.41) is 8.09. The number of H-pyrrole nitrogens is 1. The van der Waals surface area contributed by atoms with Crippen LogP contribution in [0.1, 0.15) is 24.0 Å². The van der Waals surface area contributed by atoms with E-state index in [4.69, 9.17) is 0 Å². The second-order valence-corrected chi connectivity index (χ2v) is 6.72. The van der Waals surface area contributed by atoms with E-state index in [1.165, 1.54) is 40.6 Å². The van der Waals surface area contributed by atoms with Crippen LogP contribution in [0.4, 0.5) is 0 Å². The summed E-state index contributed by atoms with van der Waals surface area (Å²) in [6.45, 7) is 3.98. The molecule has 0 amide bonds. The summed E-state index contributed by atoms with van der Waals surface area (Å²) >= 11 is 1.90. The Balaban J connectivity index is 1.76. The van der Waals surface area contributed by atoms with E-state index in [2.05, 4.69) is 58.2 Å². The number of benzene rings is 1. The lowest BCUT2D eigenvalue weighted by Gasteiger charge is -2.11. The highest BCUT2D eigenvalue weighted by Crippen LogP contribution is 2.19. The minimum Gasteiger partial charge on any atom is -0.361 e. The molecular formula is C18H28N4S. The van der Waals surface area contributed by atoms with Crippen molar-refractivity contribution in [3.05, 3.63) is 35.5 Å². The molecule has 126 valence electrons. The number of hydrogen-bond acceptors (Lipinski definition) is 2. The van der Waals surface area contributed by atoms with Crippen molar-refractivity contribution in [1.29, 1.82) is 0 Å². The van der Waals surface area contributed by atoms with Crippen molar-refractivity contribution in [3.63, 3.8) is 0 Å². The molecule has 0 atom stereocenters. The molecule has 2 aromatic rings. The average Bonchev–Trinajstić information content (AvgIpc) is 2.95. The minimum atomic E-state index is 0.880. The summed E-state index contributed by atoms with van der Waals surface area (Å²) in [5.41, 5.74) is 3.86. The topological polar surface area (TPSA) is 52.2 Å². The molecule has 0 bridgehead atoms. The van der Waals surface area contributed by atoms with Gasteiger partial charge in [-0.25, -0.2) is 0 Å². The molecule has 0 aliphatic carbocycles. The molecule has 1 aromatic heterocycles. The lowest BCUT2D eigenvalue weighted by atomic mass is 10.1. The number of guanidine groups is 1. The van der Waals surface area contributed by atoms with E-state index >= 15 is 0 Å². The third-order valence-corrected chi connectivity index (χ3v) is 4.60. The highest BCUT2D eigenvalue weighted by molar-refractivity contribution is 7.98. The second kappa shape index (κ2) is 9.50. The first-order valence-electron chi connectivity index (χ1n) is 8.24. The molecule has 0 aliphatic heterocycles. The molecule has 0 unspecified atom stereocenters. The Kier molecular flexibility index (Phi) is 7.33. The van der Waals surface area contributed by atoms with Crippen LogP contribution in [-0.4, -0.2) is 43.1 Å². The number of hydrogen-bond donors (Lipinski definition) is 3. The predicted molar refractivity (Wildman–Crippen MR) is 104 cm³/mol. The quantitative estimate of drug-likeness (QED) is 0.395. The molecule has 1 heterocycles. The SMILES string of the molecule is CN=C(NCCCCSC)NCCc1c[nH]c2cc(C)ccc12. The second-order valence-electron chi connectivity index (χ2n) is 5.74. The molecule has 4 nitrogen and oxygen atoms in total. The number of nitrogens with zero attached hydrogens (tertiary/aromatic N) is 1. The van der Waals surface area contributed by atoms with Gasteiger partial charge in [0.2, 0.25) is 0 Å². The zero-order valence-corrected chi connectivity index (χ0v) is 15.2. The molecule has 0 saturated carbocycles. The number of fused-ring (bicyclic) bond motifs is 1. The third kappa shape index (κ3) is 5.50. The summed E-state index contributed by atoms with van der Waals surface area (Å²) < 4.78 is 0. The molecule has 2 rings (SSSR count). The molecule has 3 N–H and O–H groups in total. The number of aliphatic imine (C=N–C) groups is 1. The van der Waals surface area contributed by atoms with Gasteiger partial charge in [-0.2, -0.15) is 11.8 Å². The largest absolute Gasteiger partial charge is 0.361 e. The maximum Gasteiger partial charge on any atom is 0.190 e.